The second-order valence-electron chi connectivity index (χ2n) is 9.56. The molecular formula is C31H28ClN7O2. The van der Waals surface area contributed by atoms with Crippen LogP contribution in [0.5, 0.6) is 0 Å². The third kappa shape index (κ3) is 7.16. The third-order valence-electron chi connectivity index (χ3n) is 6.10. The fourth-order valence-electron chi connectivity index (χ4n) is 4.09. The minimum absolute atomic E-state index is 0.230. The number of aromatic amines is 1. The Morgan fingerprint density at radius 3 is 2.56 bits per heavy atom. The van der Waals surface area contributed by atoms with Gasteiger partial charge in [0.2, 0.25) is 11.9 Å². The summed E-state index contributed by atoms with van der Waals surface area (Å²) in [5, 5.41) is 10.4. The summed E-state index contributed by atoms with van der Waals surface area (Å²) in [5.41, 5.74) is 4.79. The lowest BCUT2D eigenvalue weighted by Gasteiger charge is -2.11. The van der Waals surface area contributed by atoms with E-state index >= 15 is 0 Å². The van der Waals surface area contributed by atoms with E-state index in [0.717, 1.165) is 16.5 Å². The Kier molecular flexibility index (Phi) is 8.38. The Morgan fingerprint density at radius 1 is 0.951 bits per heavy atom. The van der Waals surface area contributed by atoms with E-state index in [9.17, 15) is 9.59 Å². The molecule has 0 aliphatic heterocycles. The van der Waals surface area contributed by atoms with E-state index in [4.69, 9.17) is 11.6 Å². The van der Waals surface area contributed by atoms with Gasteiger partial charge in [-0.15, -0.1) is 0 Å². The van der Waals surface area contributed by atoms with Crippen LogP contribution in [0.4, 0.5) is 23.0 Å². The molecule has 4 N–H and O–H groups in total. The van der Waals surface area contributed by atoms with Gasteiger partial charge in [0.25, 0.3) is 5.91 Å². The highest BCUT2D eigenvalue weighted by Gasteiger charge is 2.11. The summed E-state index contributed by atoms with van der Waals surface area (Å²) in [5.74, 6) is -0.143. The number of hydrogen-bond acceptors (Lipinski definition) is 6. The number of H-pyrrole nitrogens is 1. The van der Waals surface area contributed by atoms with Crippen LogP contribution in [0.3, 0.4) is 0 Å². The molecule has 5 rings (SSSR count). The number of carbonyl (C=O) groups excluding carboxylic acids is 2. The number of aromatic nitrogens is 3. The summed E-state index contributed by atoms with van der Waals surface area (Å²) in [6, 6.07) is 21.9. The maximum absolute atomic E-state index is 12.9. The molecule has 0 aliphatic carbocycles. The van der Waals surface area contributed by atoms with Crippen LogP contribution in [-0.4, -0.2) is 52.3 Å². The Morgan fingerprint density at radius 2 is 1.76 bits per heavy atom. The van der Waals surface area contributed by atoms with Crippen molar-refractivity contribution in [2.24, 2.45) is 0 Å². The van der Waals surface area contributed by atoms with Crippen molar-refractivity contribution in [1.82, 2.24) is 19.9 Å². The van der Waals surface area contributed by atoms with Gasteiger partial charge in [-0.3, -0.25) is 9.59 Å². The number of fused-ring (bicyclic) bond motifs is 1. The first-order valence-electron chi connectivity index (χ1n) is 12.8. The quantitative estimate of drug-likeness (QED) is 0.155. The second-order valence-corrected chi connectivity index (χ2v) is 9.97. The molecule has 2 heterocycles. The highest BCUT2D eigenvalue weighted by molar-refractivity contribution is 6.33. The predicted octanol–water partition coefficient (Wildman–Crippen LogP) is 6.33. The summed E-state index contributed by atoms with van der Waals surface area (Å²) in [4.78, 5) is 39.0. The van der Waals surface area contributed by atoms with E-state index in [0.29, 0.717) is 45.8 Å². The number of nitrogens with one attached hydrogen (secondary N) is 4. The number of amides is 2. The summed E-state index contributed by atoms with van der Waals surface area (Å²) in [7, 11) is 3.85. The fourth-order valence-corrected chi connectivity index (χ4v) is 4.29. The van der Waals surface area contributed by atoms with Crippen molar-refractivity contribution in [1.29, 1.82) is 0 Å². The lowest BCUT2D eigenvalue weighted by atomic mass is 10.1. The predicted molar refractivity (Wildman–Crippen MR) is 165 cm³/mol. The van der Waals surface area contributed by atoms with Crippen molar-refractivity contribution in [3.8, 4) is 11.3 Å². The Bertz CT molecular complexity index is 1730. The number of benzene rings is 3. The van der Waals surface area contributed by atoms with E-state index < -0.39 is 0 Å². The van der Waals surface area contributed by atoms with Gasteiger partial charge >= 0.3 is 0 Å². The Labute approximate surface area is 242 Å². The molecule has 0 spiro atoms. The van der Waals surface area contributed by atoms with Crippen LogP contribution in [0, 0.1) is 0 Å². The van der Waals surface area contributed by atoms with Gasteiger partial charge < -0.3 is 25.8 Å². The van der Waals surface area contributed by atoms with E-state index in [-0.39, 0.29) is 11.8 Å². The zero-order valence-corrected chi connectivity index (χ0v) is 23.2. The standard InChI is InChI=1S/C31H28ClN7O2/c1-39(2)16-4-7-28(40)35-23-12-10-21(11-13-23)30(41)36-24-5-3-6-25(18-24)37-31-34-19-26(32)29(38-31)22-9-8-20-14-15-33-27(20)17-22/h3-15,17-19,33H,16H2,1-2H3,(H,35,40)(H,36,41)(H,34,37,38). The van der Waals surface area contributed by atoms with Crippen molar-refractivity contribution in [3.63, 3.8) is 0 Å². The summed E-state index contributed by atoms with van der Waals surface area (Å²) in [6.07, 6.45) is 6.71. The molecule has 2 amide bonds. The zero-order valence-electron chi connectivity index (χ0n) is 22.5. The number of nitrogens with zero attached hydrogens (tertiary/aromatic N) is 3. The molecule has 0 saturated carbocycles. The molecule has 0 saturated heterocycles. The number of hydrogen-bond donors (Lipinski definition) is 4. The molecule has 0 aliphatic rings. The van der Waals surface area contributed by atoms with Crippen LogP contribution in [0.25, 0.3) is 22.2 Å². The molecule has 3 aromatic carbocycles. The maximum Gasteiger partial charge on any atom is 0.255 e. The van der Waals surface area contributed by atoms with Crippen molar-refractivity contribution in [3.05, 3.63) is 108 Å². The Hall–Kier alpha value is -4.99. The first-order chi connectivity index (χ1) is 19.8. The van der Waals surface area contributed by atoms with Gasteiger partial charge in [-0.25, -0.2) is 9.97 Å². The van der Waals surface area contributed by atoms with Crippen LogP contribution in [0.15, 0.2) is 97.3 Å². The zero-order chi connectivity index (χ0) is 28.8. The van der Waals surface area contributed by atoms with Gasteiger partial charge in [0, 0.05) is 52.5 Å². The number of likely N-dealkylation sites (N-methyl/N-ethyl adjacent to an activating group) is 1. The van der Waals surface area contributed by atoms with E-state index in [1.165, 1.54) is 6.08 Å². The van der Waals surface area contributed by atoms with E-state index in [1.807, 2.05) is 61.6 Å². The lowest BCUT2D eigenvalue weighted by molar-refractivity contribution is -0.111. The smallest absolute Gasteiger partial charge is 0.255 e. The topological polar surface area (TPSA) is 115 Å². The van der Waals surface area contributed by atoms with Crippen molar-refractivity contribution < 1.29 is 9.59 Å². The second kappa shape index (κ2) is 12.5. The molecule has 41 heavy (non-hydrogen) atoms. The monoisotopic (exact) mass is 565 g/mol. The number of anilines is 4. The average Bonchev–Trinajstić information content (AvgIpc) is 3.42. The lowest BCUT2D eigenvalue weighted by Crippen LogP contribution is -2.13. The minimum atomic E-state index is -0.282. The van der Waals surface area contributed by atoms with Gasteiger partial charge in [-0.1, -0.05) is 35.9 Å². The maximum atomic E-state index is 12.9. The molecule has 10 heteroatoms. The summed E-state index contributed by atoms with van der Waals surface area (Å²) in [6.45, 7) is 0.669. The minimum Gasteiger partial charge on any atom is -0.361 e. The molecule has 0 radical (unpaired) electrons. The van der Waals surface area contributed by atoms with E-state index in [2.05, 4.69) is 30.9 Å². The van der Waals surface area contributed by atoms with E-state index in [1.54, 1.807) is 48.7 Å². The van der Waals surface area contributed by atoms with Gasteiger partial charge in [0.1, 0.15) is 0 Å². The highest BCUT2D eigenvalue weighted by atomic mass is 35.5. The fraction of sp³-hybridized carbons (Fsp3) is 0.0968. The number of carbonyl (C=O) groups is 2. The third-order valence-corrected chi connectivity index (χ3v) is 6.38. The summed E-state index contributed by atoms with van der Waals surface area (Å²) >= 11 is 6.43. The molecule has 0 bridgehead atoms. The highest BCUT2D eigenvalue weighted by Crippen LogP contribution is 2.29. The van der Waals surface area contributed by atoms with Crippen LogP contribution < -0.4 is 16.0 Å². The van der Waals surface area contributed by atoms with Crippen molar-refractivity contribution in [2.45, 2.75) is 0 Å². The number of halogens is 1. The van der Waals surface area contributed by atoms with Crippen LogP contribution in [0.1, 0.15) is 10.4 Å². The van der Waals surface area contributed by atoms with Crippen LogP contribution in [0.2, 0.25) is 5.02 Å². The largest absolute Gasteiger partial charge is 0.361 e. The normalized spacial score (nSPS) is 11.2. The molecular weight excluding hydrogens is 538 g/mol. The van der Waals surface area contributed by atoms with Gasteiger partial charge in [-0.2, -0.15) is 0 Å². The first-order valence-corrected chi connectivity index (χ1v) is 13.2. The van der Waals surface area contributed by atoms with Gasteiger partial charge in [0.05, 0.1) is 16.9 Å². The molecule has 0 atom stereocenters. The summed E-state index contributed by atoms with van der Waals surface area (Å²) < 4.78 is 0. The molecule has 206 valence electrons. The Balaban J connectivity index is 1.23. The molecule has 9 nitrogen and oxygen atoms in total. The first kappa shape index (κ1) is 27.6. The molecule has 2 aromatic heterocycles. The molecule has 0 unspecified atom stereocenters. The van der Waals surface area contributed by atoms with Crippen molar-refractivity contribution in [2.75, 3.05) is 36.6 Å². The number of rotatable bonds is 9. The SMILES string of the molecule is CN(C)CC=CC(=O)Nc1ccc(C(=O)Nc2cccc(Nc3ncc(Cl)c(-c4ccc5cc[nH]c5c4)n3)c2)cc1. The van der Waals surface area contributed by atoms with Crippen molar-refractivity contribution >= 4 is 57.3 Å². The van der Waals surface area contributed by atoms with Crippen LogP contribution >= 0.6 is 11.6 Å². The van der Waals surface area contributed by atoms with Gasteiger partial charge in [0.15, 0.2) is 0 Å². The molecule has 0 fully saturated rings. The molecule has 5 aromatic rings. The van der Waals surface area contributed by atoms with Gasteiger partial charge in [-0.05, 0) is 74.1 Å². The average molecular weight is 566 g/mol. The van der Waals surface area contributed by atoms with Crippen LogP contribution in [-0.2, 0) is 4.79 Å².